The van der Waals surface area contributed by atoms with Gasteiger partial charge in [0.2, 0.25) is 0 Å². The minimum Gasteiger partial charge on any atom is -0.489 e. The van der Waals surface area contributed by atoms with Gasteiger partial charge < -0.3 is 14.6 Å². The molecule has 0 bridgehead atoms. The highest BCUT2D eigenvalue weighted by Gasteiger charge is 2.32. The van der Waals surface area contributed by atoms with Crippen molar-refractivity contribution in [2.75, 3.05) is 6.61 Å². The van der Waals surface area contributed by atoms with E-state index in [9.17, 15) is 9.90 Å². The van der Waals surface area contributed by atoms with E-state index in [1.54, 1.807) is 0 Å². The van der Waals surface area contributed by atoms with Crippen molar-refractivity contribution in [3.63, 3.8) is 0 Å². The smallest absolute Gasteiger partial charge is 0.306 e. The number of carbonyl (C=O) groups is 1. The molecule has 0 spiro atoms. The van der Waals surface area contributed by atoms with Gasteiger partial charge in [-0.15, -0.1) is 0 Å². The van der Waals surface area contributed by atoms with Gasteiger partial charge in [-0.1, -0.05) is 83.5 Å². The van der Waals surface area contributed by atoms with E-state index in [2.05, 4.69) is 70.2 Å². The van der Waals surface area contributed by atoms with Gasteiger partial charge >= 0.3 is 5.97 Å². The van der Waals surface area contributed by atoms with Crippen LogP contribution in [0.25, 0.3) is 6.08 Å². The lowest BCUT2D eigenvalue weighted by molar-refractivity contribution is -0.142. The summed E-state index contributed by atoms with van der Waals surface area (Å²) >= 11 is 0. The van der Waals surface area contributed by atoms with Crippen LogP contribution >= 0.6 is 0 Å². The summed E-state index contributed by atoms with van der Waals surface area (Å²) in [6, 6.07) is 13.4. The molecule has 1 N–H and O–H groups in total. The van der Waals surface area contributed by atoms with E-state index < -0.39 is 5.60 Å². The van der Waals surface area contributed by atoms with Crippen molar-refractivity contribution in [3.05, 3.63) is 70.3 Å². The number of ether oxygens (including phenoxy) is 2. The normalized spacial score (nSPS) is 16.4. The Labute approximate surface area is 224 Å². The van der Waals surface area contributed by atoms with E-state index in [0.29, 0.717) is 25.9 Å². The zero-order valence-corrected chi connectivity index (χ0v) is 23.7. The fraction of sp³-hybridized carbons (Fsp3) is 0.545. The molecule has 4 heteroatoms. The number of cyclic esters (lactones) is 1. The third-order valence-corrected chi connectivity index (χ3v) is 8.34. The summed E-state index contributed by atoms with van der Waals surface area (Å²) in [4.78, 5) is 11.4. The molecule has 0 saturated carbocycles. The van der Waals surface area contributed by atoms with E-state index in [-0.39, 0.29) is 17.5 Å². The van der Waals surface area contributed by atoms with Gasteiger partial charge in [0.25, 0.3) is 0 Å². The van der Waals surface area contributed by atoms with E-state index in [0.717, 1.165) is 43.4 Å². The molecule has 0 aliphatic carbocycles. The molecule has 1 fully saturated rings. The Morgan fingerprint density at radius 2 is 1.68 bits per heavy atom. The van der Waals surface area contributed by atoms with Crippen molar-refractivity contribution in [2.45, 2.75) is 110 Å². The molecule has 1 heterocycles. The third kappa shape index (κ3) is 6.65. The molecule has 0 aromatic heterocycles. The third-order valence-electron chi connectivity index (χ3n) is 8.34. The first-order valence-corrected chi connectivity index (χ1v) is 14.2. The van der Waals surface area contributed by atoms with Crippen LogP contribution in [0.2, 0.25) is 0 Å². The standard InChI is InChI=1S/C33H46O4/c1-7-12-26-22-28(14-13-25(26)19-20-32(35,8-2)9-3)33(10-4,11-5)27-15-17-30(24(6)21-27)36-23-29-16-18-31(34)37-29/h13-15,17,19-22,29,35H,7-12,16,18,23H2,1-6H3. The van der Waals surface area contributed by atoms with Gasteiger partial charge in [0.05, 0.1) is 5.60 Å². The summed E-state index contributed by atoms with van der Waals surface area (Å²) in [6.07, 6.45) is 10.6. The largest absolute Gasteiger partial charge is 0.489 e. The summed E-state index contributed by atoms with van der Waals surface area (Å²) in [7, 11) is 0. The molecule has 202 valence electrons. The molecule has 3 rings (SSSR count). The molecule has 2 aromatic carbocycles. The van der Waals surface area contributed by atoms with Crippen molar-refractivity contribution in [3.8, 4) is 5.75 Å². The van der Waals surface area contributed by atoms with Gasteiger partial charge in [-0.2, -0.15) is 0 Å². The van der Waals surface area contributed by atoms with Gasteiger partial charge in [-0.05, 0) is 79.3 Å². The molecule has 1 saturated heterocycles. The fourth-order valence-corrected chi connectivity index (χ4v) is 5.51. The van der Waals surface area contributed by atoms with Crippen LogP contribution in [0.3, 0.4) is 0 Å². The molecule has 0 amide bonds. The number of hydrogen-bond donors (Lipinski definition) is 1. The Balaban J connectivity index is 1.92. The fourth-order valence-electron chi connectivity index (χ4n) is 5.51. The van der Waals surface area contributed by atoms with Crippen LogP contribution in [0.15, 0.2) is 42.5 Å². The minimum atomic E-state index is -0.750. The number of carbonyl (C=O) groups excluding carboxylic acids is 1. The summed E-state index contributed by atoms with van der Waals surface area (Å²) in [5, 5.41) is 10.8. The Kier molecular flexibility index (Phi) is 10.0. The molecular weight excluding hydrogens is 460 g/mol. The Morgan fingerprint density at radius 3 is 2.24 bits per heavy atom. The van der Waals surface area contributed by atoms with Crippen molar-refractivity contribution < 1.29 is 19.4 Å². The topological polar surface area (TPSA) is 55.8 Å². The Hall–Kier alpha value is -2.59. The van der Waals surface area contributed by atoms with Gasteiger partial charge in [0, 0.05) is 11.8 Å². The second-order valence-corrected chi connectivity index (χ2v) is 10.5. The molecule has 1 unspecified atom stereocenters. The molecule has 1 aliphatic rings. The molecule has 4 nitrogen and oxygen atoms in total. The molecule has 2 aromatic rings. The minimum absolute atomic E-state index is 0.0947. The van der Waals surface area contributed by atoms with Crippen LogP contribution in [0.5, 0.6) is 5.75 Å². The van der Waals surface area contributed by atoms with Crippen molar-refractivity contribution >= 4 is 12.0 Å². The lowest BCUT2D eigenvalue weighted by Crippen LogP contribution is -2.26. The lowest BCUT2D eigenvalue weighted by atomic mass is 9.69. The zero-order valence-electron chi connectivity index (χ0n) is 23.7. The van der Waals surface area contributed by atoms with Crippen LogP contribution in [0.1, 0.15) is 107 Å². The SMILES string of the molecule is CCCc1cc(C(CC)(CC)c2ccc(OCC3CCC(=O)O3)c(C)c2)ccc1C=CC(O)(CC)CC. The predicted octanol–water partition coefficient (Wildman–Crippen LogP) is 7.70. The lowest BCUT2D eigenvalue weighted by Gasteiger charge is -2.34. The van der Waals surface area contributed by atoms with E-state index >= 15 is 0 Å². The summed E-state index contributed by atoms with van der Waals surface area (Å²) in [5.74, 6) is 0.714. The first-order valence-electron chi connectivity index (χ1n) is 14.2. The number of esters is 1. The molecule has 0 radical (unpaired) electrons. The van der Waals surface area contributed by atoms with Crippen LogP contribution in [-0.4, -0.2) is 29.4 Å². The molecular formula is C33H46O4. The molecule has 1 atom stereocenters. The number of aliphatic hydroxyl groups is 1. The summed E-state index contributed by atoms with van der Waals surface area (Å²) in [5.41, 5.74) is 5.42. The van der Waals surface area contributed by atoms with Crippen LogP contribution < -0.4 is 4.74 Å². The van der Waals surface area contributed by atoms with E-state index in [4.69, 9.17) is 9.47 Å². The van der Waals surface area contributed by atoms with E-state index in [1.165, 1.54) is 22.3 Å². The Bertz CT molecular complexity index is 1080. The van der Waals surface area contributed by atoms with Crippen LogP contribution in [0, 0.1) is 6.92 Å². The first kappa shape index (κ1) is 29.0. The highest BCUT2D eigenvalue weighted by Crippen LogP contribution is 2.41. The first-order chi connectivity index (χ1) is 17.7. The zero-order chi connectivity index (χ0) is 27.1. The molecule has 37 heavy (non-hydrogen) atoms. The summed E-state index contributed by atoms with van der Waals surface area (Å²) in [6.45, 7) is 13.3. The predicted molar refractivity (Wildman–Crippen MR) is 152 cm³/mol. The highest BCUT2D eigenvalue weighted by molar-refractivity contribution is 5.71. The maximum atomic E-state index is 11.4. The van der Waals surface area contributed by atoms with Crippen molar-refractivity contribution in [2.24, 2.45) is 0 Å². The van der Waals surface area contributed by atoms with Gasteiger partial charge in [0.1, 0.15) is 18.5 Å². The Morgan fingerprint density at radius 1 is 1.00 bits per heavy atom. The van der Waals surface area contributed by atoms with Gasteiger partial charge in [-0.25, -0.2) is 0 Å². The maximum absolute atomic E-state index is 11.4. The quantitative estimate of drug-likeness (QED) is 0.283. The van der Waals surface area contributed by atoms with Crippen LogP contribution in [-0.2, 0) is 21.4 Å². The van der Waals surface area contributed by atoms with Gasteiger partial charge in [0.15, 0.2) is 0 Å². The summed E-state index contributed by atoms with van der Waals surface area (Å²) < 4.78 is 11.3. The monoisotopic (exact) mass is 506 g/mol. The number of aryl methyl sites for hydroxylation is 2. The molecule has 1 aliphatic heterocycles. The second kappa shape index (κ2) is 12.8. The number of rotatable bonds is 13. The number of hydrogen-bond acceptors (Lipinski definition) is 4. The maximum Gasteiger partial charge on any atom is 0.306 e. The average molecular weight is 507 g/mol. The van der Waals surface area contributed by atoms with Crippen molar-refractivity contribution in [1.82, 2.24) is 0 Å². The van der Waals surface area contributed by atoms with Gasteiger partial charge in [-0.3, -0.25) is 4.79 Å². The van der Waals surface area contributed by atoms with E-state index in [1.807, 2.05) is 19.9 Å². The van der Waals surface area contributed by atoms with Crippen molar-refractivity contribution in [1.29, 1.82) is 0 Å². The van der Waals surface area contributed by atoms with Crippen LogP contribution in [0.4, 0.5) is 0 Å². The second-order valence-electron chi connectivity index (χ2n) is 10.5. The highest BCUT2D eigenvalue weighted by atomic mass is 16.6. The average Bonchev–Trinajstić information content (AvgIpc) is 3.33. The number of benzene rings is 2.